The molecule has 0 aliphatic rings. The highest BCUT2D eigenvalue weighted by molar-refractivity contribution is 6.32. The summed E-state index contributed by atoms with van der Waals surface area (Å²) in [5.74, 6) is -7.07. The zero-order chi connectivity index (χ0) is 12.9. The maximum Gasteiger partial charge on any atom is 0.414 e. The van der Waals surface area contributed by atoms with Gasteiger partial charge < -0.3 is 10.2 Å². The van der Waals surface area contributed by atoms with Crippen LogP contribution in [0.25, 0.3) is 0 Å². The van der Waals surface area contributed by atoms with Crippen molar-refractivity contribution >= 4 is 25.2 Å². The number of carboxylic acids is 2. The molecule has 0 spiro atoms. The monoisotopic (exact) mass is 232 g/mol. The molecule has 0 saturated carbocycles. The summed E-state index contributed by atoms with van der Waals surface area (Å²) in [7, 11) is 4.79. The van der Waals surface area contributed by atoms with Crippen molar-refractivity contribution in [3.8, 4) is 0 Å². The number of hydrogen-bond acceptors (Lipinski definition) is 2. The van der Waals surface area contributed by atoms with Gasteiger partial charge in [-0.1, -0.05) is 0 Å². The summed E-state index contributed by atoms with van der Waals surface area (Å²) in [6.45, 7) is 0. The number of carbonyl (C=O) groups is 2. The van der Waals surface area contributed by atoms with Crippen LogP contribution in [-0.2, 0) is 9.59 Å². The van der Waals surface area contributed by atoms with Crippen LogP contribution in [-0.4, -0.2) is 30.0 Å². The van der Waals surface area contributed by atoms with Crippen LogP contribution in [0, 0.1) is 17.5 Å². The van der Waals surface area contributed by atoms with E-state index in [2.05, 4.69) is 0 Å². The van der Waals surface area contributed by atoms with Crippen molar-refractivity contribution in [3.05, 3.63) is 29.6 Å². The second kappa shape index (κ2) is 5.79. The highest BCUT2D eigenvalue weighted by Gasteiger charge is 2.07. The number of aliphatic carboxylic acids is 2. The summed E-state index contributed by atoms with van der Waals surface area (Å²) in [4.78, 5) is 18.2. The molecule has 0 amide bonds. The summed E-state index contributed by atoms with van der Waals surface area (Å²) in [6.07, 6.45) is 0. The molecule has 84 valence electrons. The van der Waals surface area contributed by atoms with Gasteiger partial charge in [0.2, 0.25) is 0 Å². The van der Waals surface area contributed by atoms with E-state index in [1.807, 2.05) is 0 Å². The first kappa shape index (κ1) is 14.0. The molecule has 8 heteroatoms. The Kier molecular flexibility index (Phi) is 5.07. The molecule has 0 saturated heterocycles. The van der Waals surface area contributed by atoms with E-state index in [0.717, 1.165) is 6.07 Å². The zero-order valence-electron chi connectivity index (χ0n) is 7.58. The minimum absolute atomic E-state index is 0.682. The Morgan fingerprint density at radius 3 is 1.69 bits per heavy atom. The number of halogens is 3. The third kappa shape index (κ3) is 4.03. The van der Waals surface area contributed by atoms with Crippen molar-refractivity contribution in [1.82, 2.24) is 0 Å². The van der Waals surface area contributed by atoms with Crippen LogP contribution in [0.4, 0.5) is 13.2 Å². The fourth-order valence-corrected chi connectivity index (χ4v) is 0.543. The Balaban J connectivity index is 0.000000325. The fraction of sp³-hybridized carbons (Fsp3) is 0. The Labute approximate surface area is 88.7 Å². The summed E-state index contributed by atoms with van der Waals surface area (Å²) < 4.78 is 36.6. The van der Waals surface area contributed by atoms with Crippen LogP contribution >= 0.6 is 0 Å². The van der Waals surface area contributed by atoms with Crippen molar-refractivity contribution in [3.63, 3.8) is 0 Å². The molecule has 4 nitrogen and oxygen atoms in total. The lowest BCUT2D eigenvalue weighted by atomic mass is 9.95. The average molecular weight is 232 g/mol. The molecule has 2 radical (unpaired) electrons. The second-order valence-electron chi connectivity index (χ2n) is 2.37. The van der Waals surface area contributed by atoms with E-state index < -0.39 is 34.9 Å². The number of hydrogen-bond donors (Lipinski definition) is 2. The highest BCUT2D eigenvalue weighted by Crippen LogP contribution is 2.03. The van der Waals surface area contributed by atoms with Gasteiger partial charge in [0.25, 0.3) is 0 Å². The Morgan fingerprint density at radius 2 is 1.38 bits per heavy atom. The zero-order valence-corrected chi connectivity index (χ0v) is 7.58. The summed E-state index contributed by atoms with van der Waals surface area (Å²) in [5, 5.41) is 14.8. The normalized spacial score (nSPS) is 8.94. The van der Waals surface area contributed by atoms with E-state index in [-0.39, 0.29) is 0 Å². The van der Waals surface area contributed by atoms with Crippen molar-refractivity contribution < 1.29 is 33.0 Å². The lowest BCUT2D eigenvalue weighted by Crippen LogP contribution is -2.15. The van der Waals surface area contributed by atoms with Crippen LogP contribution in [0.3, 0.4) is 0 Å². The topological polar surface area (TPSA) is 74.6 Å². The highest BCUT2D eigenvalue weighted by atomic mass is 19.2. The van der Waals surface area contributed by atoms with E-state index in [4.69, 9.17) is 27.6 Å². The molecule has 2 N–H and O–H groups in total. The van der Waals surface area contributed by atoms with Crippen LogP contribution in [0.1, 0.15) is 0 Å². The maximum absolute atomic E-state index is 12.3. The Hall–Kier alpha value is -1.99. The van der Waals surface area contributed by atoms with E-state index in [9.17, 15) is 13.2 Å². The van der Waals surface area contributed by atoms with Crippen LogP contribution in [0.2, 0.25) is 0 Å². The molecule has 0 atom stereocenters. The third-order valence-electron chi connectivity index (χ3n) is 1.26. The first-order valence-corrected chi connectivity index (χ1v) is 3.62. The number of carboxylic acid groups (broad SMARTS) is 2. The summed E-state index contributed by atoms with van der Waals surface area (Å²) >= 11 is 0. The van der Waals surface area contributed by atoms with Crippen LogP contribution in [0.15, 0.2) is 12.1 Å². The van der Waals surface area contributed by atoms with E-state index in [1.54, 1.807) is 0 Å². The molecule has 0 aliphatic heterocycles. The molecular weight excluding hydrogens is 228 g/mol. The second-order valence-corrected chi connectivity index (χ2v) is 2.37. The van der Waals surface area contributed by atoms with Gasteiger partial charge in [-0.25, -0.2) is 22.8 Å². The molecule has 1 aromatic rings. The Morgan fingerprint density at radius 1 is 1.00 bits per heavy atom. The van der Waals surface area contributed by atoms with E-state index in [0.29, 0.717) is 6.07 Å². The smallest absolute Gasteiger partial charge is 0.414 e. The van der Waals surface area contributed by atoms with Crippen molar-refractivity contribution in [1.29, 1.82) is 0 Å². The molecule has 0 aromatic heterocycles. The summed E-state index contributed by atoms with van der Waals surface area (Å²) in [6, 6.07) is 1.45. The minimum Gasteiger partial charge on any atom is -0.473 e. The lowest BCUT2D eigenvalue weighted by molar-refractivity contribution is -0.159. The van der Waals surface area contributed by atoms with Gasteiger partial charge in [-0.2, -0.15) is 0 Å². The molecule has 16 heavy (non-hydrogen) atoms. The van der Waals surface area contributed by atoms with Gasteiger partial charge in [0, 0.05) is 0 Å². The molecule has 0 fully saturated rings. The SMILES string of the molecule is O=C(O)C(=O)O.[B]c1c(F)ccc(F)c1F. The van der Waals surface area contributed by atoms with Crippen molar-refractivity contribution in [2.75, 3.05) is 0 Å². The molecular formula is C8H4BF3O4. The van der Waals surface area contributed by atoms with E-state index >= 15 is 0 Å². The van der Waals surface area contributed by atoms with Gasteiger partial charge in [0.05, 0.1) is 0 Å². The maximum atomic E-state index is 12.3. The molecule has 0 bridgehead atoms. The van der Waals surface area contributed by atoms with E-state index in [1.165, 1.54) is 0 Å². The van der Waals surface area contributed by atoms with Gasteiger partial charge in [0.1, 0.15) is 13.7 Å². The molecule has 0 aliphatic carbocycles. The van der Waals surface area contributed by atoms with Crippen molar-refractivity contribution in [2.45, 2.75) is 0 Å². The predicted molar refractivity (Wildman–Crippen MR) is 47.0 cm³/mol. The molecule has 0 unspecified atom stereocenters. The molecule has 1 aromatic carbocycles. The summed E-state index contributed by atoms with van der Waals surface area (Å²) in [5.41, 5.74) is -0.778. The van der Waals surface area contributed by atoms with Gasteiger partial charge in [-0.15, -0.1) is 0 Å². The third-order valence-corrected chi connectivity index (χ3v) is 1.26. The van der Waals surface area contributed by atoms with Gasteiger partial charge in [-0.05, 0) is 17.6 Å². The standard InChI is InChI=1S/C6H2BF3.C2H2O4/c7-5-3(8)1-2-4(9)6(5)10;3-1(4)2(5)6/h1-2H;(H,3,4)(H,5,6). The quantitative estimate of drug-likeness (QED) is 0.376. The first-order valence-electron chi connectivity index (χ1n) is 3.62. The fourth-order valence-electron chi connectivity index (χ4n) is 0.543. The van der Waals surface area contributed by atoms with Crippen LogP contribution in [0.5, 0.6) is 0 Å². The Bertz CT molecular complexity index is 383. The number of benzene rings is 1. The predicted octanol–water partition coefficient (Wildman–Crippen LogP) is 0.0533. The minimum atomic E-state index is -1.82. The van der Waals surface area contributed by atoms with Crippen molar-refractivity contribution in [2.24, 2.45) is 0 Å². The molecule has 0 heterocycles. The largest absolute Gasteiger partial charge is 0.473 e. The van der Waals surface area contributed by atoms with Crippen LogP contribution < -0.4 is 5.46 Å². The van der Waals surface area contributed by atoms with Gasteiger partial charge in [-0.3, -0.25) is 0 Å². The number of rotatable bonds is 0. The average Bonchev–Trinajstić information content (AvgIpc) is 2.21. The first-order chi connectivity index (χ1) is 7.27. The van der Waals surface area contributed by atoms with Gasteiger partial charge >= 0.3 is 11.9 Å². The van der Waals surface area contributed by atoms with Gasteiger partial charge in [0.15, 0.2) is 11.6 Å². The molecule has 1 rings (SSSR count). The lowest BCUT2D eigenvalue weighted by Gasteiger charge is -1.97.